The Kier molecular flexibility index (Phi) is 4.14. The largest absolute Gasteiger partial charge is 0.480 e. The SMILES string of the molecule is CC(C)(C)C(Oc1ccc(Cl)cc1)C(=O)n1ccnc1. The maximum absolute atomic E-state index is 12.5. The second-order valence-electron chi connectivity index (χ2n) is 5.63. The average molecular weight is 293 g/mol. The van der Waals surface area contributed by atoms with Gasteiger partial charge in [-0.15, -0.1) is 0 Å². The fraction of sp³-hybridized carbons (Fsp3) is 0.333. The zero-order chi connectivity index (χ0) is 14.8. The summed E-state index contributed by atoms with van der Waals surface area (Å²) in [5.74, 6) is 0.466. The Balaban J connectivity index is 2.25. The Morgan fingerprint density at radius 3 is 2.45 bits per heavy atom. The predicted molar refractivity (Wildman–Crippen MR) is 78.2 cm³/mol. The molecule has 0 saturated carbocycles. The zero-order valence-electron chi connectivity index (χ0n) is 11.7. The molecule has 0 aliphatic rings. The van der Waals surface area contributed by atoms with E-state index in [1.807, 2.05) is 20.8 Å². The molecule has 0 fully saturated rings. The van der Waals surface area contributed by atoms with Gasteiger partial charge in [-0.1, -0.05) is 32.4 Å². The molecule has 5 heteroatoms. The Hall–Kier alpha value is -1.81. The molecule has 4 nitrogen and oxygen atoms in total. The number of halogens is 1. The van der Waals surface area contributed by atoms with Crippen molar-refractivity contribution < 1.29 is 9.53 Å². The maximum atomic E-state index is 12.5. The van der Waals surface area contributed by atoms with Gasteiger partial charge in [-0.25, -0.2) is 4.98 Å². The topological polar surface area (TPSA) is 44.1 Å². The quantitative estimate of drug-likeness (QED) is 0.867. The summed E-state index contributed by atoms with van der Waals surface area (Å²) in [7, 11) is 0. The number of hydrogen-bond donors (Lipinski definition) is 0. The lowest BCUT2D eigenvalue weighted by Crippen LogP contribution is -2.42. The Morgan fingerprint density at radius 1 is 1.30 bits per heavy atom. The number of imidazole rings is 1. The van der Waals surface area contributed by atoms with E-state index in [1.165, 1.54) is 10.9 Å². The van der Waals surface area contributed by atoms with Crippen molar-refractivity contribution >= 4 is 17.5 Å². The summed E-state index contributed by atoms with van der Waals surface area (Å²) < 4.78 is 7.30. The third kappa shape index (κ3) is 3.39. The number of hydrogen-bond acceptors (Lipinski definition) is 3. The first-order valence-electron chi connectivity index (χ1n) is 6.32. The van der Waals surface area contributed by atoms with Crippen LogP contribution in [0.25, 0.3) is 0 Å². The molecule has 1 aromatic carbocycles. The lowest BCUT2D eigenvalue weighted by atomic mass is 9.88. The highest BCUT2D eigenvalue weighted by atomic mass is 35.5. The number of ether oxygens (including phenoxy) is 1. The number of rotatable bonds is 3. The van der Waals surface area contributed by atoms with E-state index in [2.05, 4.69) is 4.98 Å². The van der Waals surface area contributed by atoms with Crippen LogP contribution in [0.4, 0.5) is 0 Å². The highest BCUT2D eigenvalue weighted by molar-refractivity contribution is 6.30. The molecule has 106 valence electrons. The smallest absolute Gasteiger partial charge is 0.273 e. The highest BCUT2D eigenvalue weighted by Crippen LogP contribution is 2.27. The summed E-state index contributed by atoms with van der Waals surface area (Å²) in [6.45, 7) is 5.88. The number of nitrogens with zero attached hydrogens (tertiary/aromatic N) is 2. The Morgan fingerprint density at radius 2 is 1.95 bits per heavy atom. The van der Waals surface area contributed by atoms with Crippen LogP contribution in [0.2, 0.25) is 5.02 Å². The minimum atomic E-state index is -0.613. The van der Waals surface area contributed by atoms with Crippen molar-refractivity contribution in [3.63, 3.8) is 0 Å². The fourth-order valence-corrected chi connectivity index (χ4v) is 1.90. The van der Waals surface area contributed by atoms with Gasteiger partial charge < -0.3 is 4.74 Å². The molecule has 0 N–H and O–H groups in total. The number of carbonyl (C=O) groups excluding carboxylic acids is 1. The van der Waals surface area contributed by atoms with Crippen molar-refractivity contribution in [1.29, 1.82) is 0 Å². The molecular weight excluding hydrogens is 276 g/mol. The van der Waals surface area contributed by atoms with Gasteiger partial charge in [0.1, 0.15) is 12.1 Å². The lowest BCUT2D eigenvalue weighted by Gasteiger charge is -2.29. The van der Waals surface area contributed by atoms with Gasteiger partial charge in [0.05, 0.1) is 0 Å². The van der Waals surface area contributed by atoms with Crippen molar-refractivity contribution in [2.45, 2.75) is 26.9 Å². The summed E-state index contributed by atoms with van der Waals surface area (Å²) in [4.78, 5) is 16.4. The molecule has 1 atom stereocenters. The van der Waals surface area contributed by atoms with Crippen molar-refractivity contribution in [3.8, 4) is 5.75 Å². The summed E-state index contributed by atoms with van der Waals surface area (Å²) >= 11 is 5.85. The van der Waals surface area contributed by atoms with Crippen LogP contribution in [0.1, 0.15) is 25.6 Å². The first-order valence-corrected chi connectivity index (χ1v) is 6.70. The molecule has 1 unspecified atom stereocenters. The molecule has 0 bridgehead atoms. The van der Waals surface area contributed by atoms with E-state index in [-0.39, 0.29) is 11.3 Å². The third-order valence-electron chi connectivity index (χ3n) is 2.84. The zero-order valence-corrected chi connectivity index (χ0v) is 12.5. The van der Waals surface area contributed by atoms with Gasteiger partial charge in [0.15, 0.2) is 6.10 Å². The van der Waals surface area contributed by atoms with Crippen molar-refractivity contribution in [3.05, 3.63) is 48.0 Å². The molecule has 1 aromatic heterocycles. The molecule has 0 aliphatic heterocycles. The standard InChI is InChI=1S/C15H17ClN2O2/c1-15(2,3)13(14(19)18-9-8-17-10-18)20-12-6-4-11(16)5-7-12/h4-10,13H,1-3H3. The number of carbonyl (C=O) groups is 1. The minimum Gasteiger partial charge on any atom is -0.480 e. The first kappa shape index (κ1) is 14.6. The van der Waals surface area contributed by atoms with E-state index in [0.29, 0.717) is 10.8 Å². The van der Waals surface area contributed by atoms with E-state index in [4.69, 9.17) is 16.3 Å². The lowest BCUT2D eigenvalue weighted by molar-refractivity contribution is 0.0452. The number of benzene rings is 1. The summed E-state index contributed by atoms with van der Waals surface area (Å²) in [5.41, 5.74) is -0.346. The molecule has 20 heavy (non-hydrogen) atoms. The molecule has 0 aliphatic carbocycles. The summed E-state index contributed by atoms with van der Waals surface area (Å²) in [6.07, 6.45) is 4.05. The van der Waals surface area contributed by atoms with Crippen LogP contribution in [-0.2, 0) is 0 Å². The van der Waals surface area contributed by atoms with Gasteiger partial charge in [-0.05, 0) is 24.3 Å². The molecule has 0 amide bonds. The van der Waals surface area contributed by atoms with E-state index in [1.54, 1.807) is 36.7 Å². The normalized spacial score (nSPS) is 13.0. The van der Waals surface area contributed by atoms with E-state index >= 15 is 0 Å². The van der Waals surface area contributed by atoms with Crippen LogP contribution in [0.5, 0.6) is 5.75 Å². The number of aromatic nitrogens is 2. The molecule has 0 radical (unpaired) electrons. The predicted octanol–water partition coefficient (Wildman–Crippen LogP) is 3.67. The average Bonchev–Trinajstić information content (AvgIpc) is 2.89. The van der Waals surface area contributed by atoms with Gasteiger partial charge in [0.25, 0.3) is 5.91 Å². The second kappa shape index (κ2) is 5.67. The Bertz CT molecular complexity index is 571. The highest BCUT2D eigenvalue weighted by Gasteiger charge is 2.34. The van der Waals surface area contributed by atoms with Gasteiger partial charge in [0, 0.05) is 22.8 Å². The van der Waals surface area contributed by atoms with Crippen LogP contribution < -0.4 is 4.74 Å². The van der Waals surface area contributed by atoms with E-state index in [9.17, 15) is 4.79 Å². The van der Waals surface area contributed by atoms with Crippen LogP contribution in [0.3, 0.4) is 0 Å². The Labute approximate surface area is 123 Å². The van der Waals surface area contributed by atoms with Crippen LogP contribution >= 0.6 is 11.6 Å². The molecule has 0 spiro atoms. The summed E-state index contributed by atoms with van der Waals surface area (Å²) in [5, 5.41) is 0.630. The fourth-order valence-electron chi connectivity index (χ4n) is 1.77. The molecule has 2 aromatic rings. The molecule has 2 rings (SSSR count). The van der Waals surface area contributed by atoms with Crippen LogP contribution in [0.15, 0.2) is 43.0 Å². The summed E-state index contributed by atoms with van der Waals surface area (Å²) in [6, 6.07) is 6.97. The van der Waals surface area contributed by atoms with Crippen LogP contribution in [-0.4, -0.2) is 21.6 Å². The minimum absolute atomic E-state index is 0.148. The van der Waals surface area contributed by atoms with E-state index in [0.717, 1.165) is 0 Å². The third-order valence-corrected chi connectivity index (χ3v) is 3.09. The second-order valence-corrected chi connectivity index (χ2v) is 6.06. The van der Waals surface area contributed by atoms with Gasteiger partial charge in [-0.3, -0.25) is 9.36 Å². The molecule has 1 heterocycles. The van der Waals surface area contributed by atoms with Crippen LogP contribution in [0, 0.1) is 5.41 Å². The van der Waals surface area contributed by atoms with E-state index < -0.39 is 6.10 Å². The van der Waals surface area contributed by atoms with Crippen molar-refractivity contribution in [1.82, 2.24) is 9.55 Å². The molecular formula is C15H17ClN2O2. The monoisotopic (exact) mass is 292 g/mol. The van der Waals surface area contributed by atoms with Crippen molar-refractivity contribution in [2.75, 3.05) is 0 Å². The first-order chi connectivity index (χ1) is 9.38. The van der Waals surface area contributed by atoms with Gasteiger partial charge in [-0.2, -0.15) is 0 Å². The van der Waals surface area contributed by atoms with Crippen molar-refractivity contribution in [2.24, 2.45) is 5.41 Å². The maximum Gasteiger partial charge on any atom is 0.273 e. The van der Waals surface area contributed by atoms with Gasteiger partial charge >= 0.3 is 0 Å². The molecule has 0 saturated heterocycles. The van der Waals surface area contributed by atoms with Gasteiger partial charge in [0.2, 0.25) is 0 Å².